The van der Waals surface area contributed by atoms with E-state index in [2.05, 4.69) is 25.8 Å². The number of hydrogen-bond donors (Lipinski definition) is 2. The van der Waals surface area contributed by atoms with Gasteiger partial charge in [0.25, 0.3) is 0 Å². The third-order valence-corrected chi connectivity index (χ3v) is 5.88. The molecular weight excluding hydrogens is 424 g/mol. The first-order chi connectivity index (χ1) is 14.5. The number of carbonyl (C=O) groups is 2. The van der Waals surface area contributed by atoms with Gasteiger partial charge in [-0.15, -0.1) is 21.5 Å². The molecule has 2 N–H and O–H groups in total. The van der Waals surface area contributed by atoms with Crippen molar-refractivity contribution in [3.63, 3.8) is 0 Å². The molecule has 0 radical (unpaired) electrons. The molecule has 1 atom stereocenters. The standard InChI is InChI=1S/C19H22N6O3S2/c1-12(21-15(26)10-13-4-6-14(28-3)7-5-13)17-23-24-19(25(17)2)30-11-16(27)22-18-20-8-9-29-18/h4-9,12H,10-11H2,1-3H3,(H,21,26)(H,20,22,27)/t12-/m0/s1. The van der Waals surface area contributed by atoms with Gasteiger partial charge < -0.3 is 19.9 Å². The number of nitrogens with zero attached hydrogens (tertiary/aromatic N) is 4. The number of carbonyl (C=O) groups excluding carboxylic acids is 2. The highest BCUT2D eigenvalue weighted by Crippen LogP contribution is 2.20. The molecule has 9 nitrogen and oxygen atoms in total. The highest BCUT2D eigenvalue weighted by atomic mass is 32.2. The van der Waals surface area contributed by atoms with Crippen molar-refractivity contribution in [2.24, 2.45) is 7.05 Å². The summed E-state index contributed by atoms with van der Waals surface area (Å²) in [6, 6.07) is 7.03. The van der Waals surface area contributed by atoms with Gasteiger partial charge in [-0.2, -0.15) is 0 Å². The van der Waals surface area contributed by atoms with Crippen LogP contribution in [-0.4, -0.2) is 44.4 Å². The molecule has 0 spiro atoms. The van der Waals surface area contributed by atoms with Gasteiger partial charge in [-0.1, -0.05) is 23.9 Å². The first kappa shape index (κ1) is 21.8. The molecule has 0 unspecified atom stereocenters. The van der Waals surface area contributed by atoms with Gasteiger partial charge in [0.2, 0.25) is 11.8 Å². The molecule has 1 aromatic carbocycles. The van der Waals surface area contributed by atoms with Crippen LogP contribution in [0.5, 0.6) is 5.75 Å². The van der Waals surface area contributed by atoms with Crippen LogP contribution < -0.4 is 15.4 Å². The SMILES string of the molecule is COc1ccc(CC(=O)N[C@@H](C)c2nnc(SCC(=O)Nc3nccs3)n2C)cc1. The van der Waals surface area contributed by atoms with Gasteiger partial charge in [0.05, 0.1) is 25.3 Å². The molecule has 0 aliphatic rings. The Morgan fingerprint density at radius 2 is 2.00 bits per heavy atom. The van der Waals surface area contributed by atoms with Crippen molar-refractivity contribution in [3.8, 4) is 5.75 Å². The maximum Gasteiger partial charge on any atom is 0.236 e. The highest BCUT2D eigenvalue weighted by Gasteiger charge is 2.18. The number of aromatic nitrogens is 4. The molecular formula is C19H22N6O3S2. The molecule has 3 rings (SSSR count). The van der Waals surface area contributed by atoms with E-state index in [1.165, 1.54) is 23.1 Å². The second kappa shape index (κ2) is 10.2. The number of thioether (sulfide) groups is 1. The minimum atomic E-state index is -0.327. The van der Waals surface area contributed by atoms with Gasteiger partial charge in [0.1, 0.15) is 5.75 Å². The summed E-state index contributed by atoms with van der Waals surface area (Å²) in [5.41, 5.74) is 0.890. The van der Waals surface area contributed by atoms with Crippen molar-refractivity contribution in [3.05, 3.63) is 47.2 Å². The van der Waals surface area contributed by atoms with Gasteiger partial charge in [0.15, 0.2) is 16.1 Å². The van der Waals surface area contributed by atoms with Gasteiger partial charge >= 0.3 is 0 Å². The second-order valence-corrected chi connectivity index (χ2v) is 8.23. The predicted octanol–water partition coefficient (Wildman–Crippen LogP) is 2.43. The number of thiazole rings is 1. The minimum Gasteiger partial charge on any atom is -0.497 e. The van der Waals surface area contributed by atoms with Crippen LogP contribution in [0.15, 0.2) is 41.0 Å². The molecule has 30 heavy (non-hydrogen) atoms. The maximum atomic E-state index is 12.4. The molecule has 0 saturated heterocycles. The number of ether oxygens (including phenoxy) is 1. The molecule has 0 fully saturated rings. The summed E-state index contributed by atoms with van der Waals surface area (Å²) in [7, 11) is 3.41. The van der Waals surface area contributed by atoms with Crippen LogP contribution in [0.4, 0.5) is 5.13 Å². The van der Waals surface area contributed by atoms with Crippen molar-refractivity contribution in [1.29, 1.82) is 0 Å². The van der Waals surface area contributed by atoms with Crippen molar-refractivity contribution < 1.29 is 14.3 Å². The highest BCUT2D eigenvalue weighted by molar-refractivity contribution is 7.99. The fourth-order valence-electron chi connectivity index (χ4n) is 2.69. The minimum absolute atomic E-state index is 0.118. The number of rotatable bonds is 9. The van der Waals surface area contributed by atoms with E-state index >= 15 is 0 Å². The van der Waals surface area contributed by atoms with Crippen LogP contribution in [0.1, 0.15) is 24.4 Å². The molecule has 158 valence electrons. The van der Waals surface area contributed by atoms with E-state index in [1.807, 2.05) is 38.2 Å². The van der Waals surface area contributed by atoms with Crippen molar-refractivity contribution in [2.75, 3.05) is 18.2 Å². The lowest BCUT2D eigenvalue weighted by molar-refractivity contribution is -0.121. The molecule has 11 heteroatoms. The zero-order valence-electron chi connectivity index (χ0n) is 16.8. The Morgan fingerprint density at radius 3 is 2.67 bits per heavy atom. The lowest BCUT2D eigenvalue weighted by atomic mass is 10.1. The number of hydrogen-bond acceptors (Lipinski definition) is 8. The van der Waals surface area contributed by atoms with Gasteiger partial charge in [-0.3, -0.25) is 9.59 Å². The van der Waals surface area contributed by atoms with Crippen molar-refractivity contribution in [2.45, 2.75) is 24.5 Å². The molecule has 0 saturated carbocycles. The fourth-order valence-corrected chi connectivity index (χ4v) is 3.95. The third-order valence-electron chi connectivity index (χ3n) is 4.17. The zero-order chi connectivity index (χ0) is 21.5. The van der Waals surface area contributed by atoms with E-state index in [0.29, 0.717) is 16.1 Å². The van der Waals surface area contributed by atoms with E-state index in [1.54, 1.807) is 23.3 Å². The summed E-state index contributed by atoms with van der Waals surface area (Å²) in [6.45, 7) is 1.85. The lowest BCUT2D eigenvalue weighted by Crippen LogP contribution is -2.29. The van der Waals surface area contributed by atoms with Crippen molar-refractivity contribution in [1.82, 2.24) is 25.1 Å². The molecule has 3 aromatic rings. The fraction of sp³-hybridized carbons (Fsp3) is 0.316. The number of benzene rings is 1. The number of nitrogens with one attached hydrogen (secondary N) is 2. The van der Waals surface area contributed by atoms with E-state index in [4.69, 9.17) is 4.74 Å². The van der Waals surface area contributed by atoms with E-state index in [-0.39, 0.29) is 30.0 Å². The van der Waals surface area contributed by atoms with Crippen LogP contribution in [0, 0.1) is 0 Å². The van der Waals surface area contributed by atoms with E-state index in [9.17, 15) is 9.59 Å². The van der Waals surface area contributed by atoms with E-state index < -0.39 is 0 Å². The molecule has 0 bridgehead atoms. The summed E-state index contributed by atoms with van der Waals surface area (Å²) in [5, 5.41) is 16.9. The Balaban J connectivity index is 1.52. The summed E-state index contributed by atoms with van der Waals surface area (Å²) in [5.74, 6) is 1.26. The number of amides is 2. The lowest BCUT2D eigenvalue weighted by Gasteiger charge is -2.13. The molecule has 0 aliphatic carbocycles. The first-order valence-corrected chi connectivity index (χ1v) is 11.0. The Labute approximate surface area is 182 Å². The molecule has 2 amide bonds. The summed E-state index contributed by atoms with van der Waals surface area (Å²) < 4.78 is 6.90. The maximum absolute atomic E-state index is 12.4. The van der Waals surface area contributed by atoms with Gasteiger partial charge in [-0.05, 0) is 24.6 Å². The largest absolute Gasteiger partial charge is 0.497 e. The summed E-state index contributed by atoms with van der Waals surface area (Å²) in [6.07, 6.45) is 1.89. The Hall–Kier alpha value is -2.92. The van der Waals surface area contributed by atoms with Crippen LogP contribution in [0.2, 0.25) is 0 Å². The normalized spacial score (nSPS) is 11.7. The van der Waals surface area contributed by atoms with Crippen LogP contribution in [-0.2, 0) is 23.1 Å². The Bertz CT molecular complexity index is 988. The predicted molar refractivity (Wildman–Crippen MR) is 116 cm³/mol. The van der Waals surface area contributed by atoms with Crippen LogP contribution in [0.3, 0.4) is 0 Å². The Kier molecular flexibility index (Phi) is 7.41. The topological polar surface area (TPSA) is 111 Å². The monoisotopic (exact) mass is 446 g/mol. The molecule has 2 heterocycles. The number of anilines is 1. The average molecular weight is 447 g/mol. The zero-order valence-corrected chi connectivity index (χ0v) is 18.4. The molecule has 0 aliphatic heterocycles. The number of methoxy groups -OCH3 is 1. The Morgan fingerprint density at radius 1 is 1.23 bits per heavy atom. The van der Waals surface area contributed by atoms with Crippen LogP contribution >= 0.6 is 23.1 Å². The average Bonchev–Trinajstić information content (AvgIpc) is 3.36. The van der Waals surface area contributed by atoms with Crippen LogP contribution in [0.25, 0.3) is 0 Å². The summed E-state index contributed by atoms with van der Waals surface area (Å²) in [4.78, 5) is 28.4. The second-order valence-electron chi connectivity index (χ2n) is 6.39. The smallest absolute Gasteiger partial charge is 0.236 e. The molecule has 2 aromatic heterocycles. The van der Waals surface area contributed by atoms with E-state index in [0.717, 1.165) is 11.3 Å². The first-order valence-electron chi connectivity index (χ1n) is 9.10. The third kappa shape index (κ3) is 5.80. The summed E-state index contributed by atoms with van der Waals surface area (Å²) >= 11 is 2.63. The quantitative estimate of drug-likeness (QED) is 0.486. The van der Waals surface area contributed by atoms with Gasteiger partial charge in [0, 0.05) is 18.6 Å². The van der Waals surface area contributed by atoms with Gasteiger partial charge in [-0.25, -0.2) is 4.98 Å². The van der Waals surface area contributed by atoms with Crippen molar-refractivity contribution >= 4 is 40.0 Å².